The number of halogens is 1. The molecule has 2 heterocycles. The van der Waals surface area contributed by atoms with Crippen LogP contribution in [0.4, 0.5) is 11.4 Å². The molecule has 2 N–H and O–H groups in total. The van der Waals surface area contributed by atoms with E-state index in [1.54, 1.807) is 18.2 Å². The maximum atomic E-state index is 12.7. The first kappa shape index (κ1) is 14.6. The standard InChI is InChI=1S/C16H8BrN3O4/c17-7-1-3-12-10(5-7)15(21)14(18-12)13-9-6-8(20(23)24)2-4-11(9)19-16(13)22/h1-6,19,22H. The Balaban J connectivity index is 1.94. The Labute approximate surface area is 142 Å². The third-order valence-corrected chi connectivity index (χ3v) is 4.35. The van der Waals surface area contributed by atoms with E-state index < -0.39 is 4.92 Å². The van der Waals surface area contributed by atoms with Crippen molar-refractivity contribution in [2.75, 3.05) is 0 Å². The Kier molecular flexibility index (Phi) is 3.04. The highest BCUT2D eigenvalue weighted by atomic mass is 79.9. The van der Waals surface area contributed by atoms with Crippen molar-refractivity contribution in [3.05, 3.63) is 62.1 Å². The van der Waals surface area contributed by atoms with Crippen LogP contribution in [-0.2, 0) is 0 Å². The summed E-state index contributed by atoms with van der Waals surface area (Å²) in [5, 5.41) is 21.6. The molecule has 1 aromatic heterocycles. The molecule has 7 nitrogen and oxygen atoms in total. The Bertz CT molecular complexity index is 1080. The van der Waals surface area contributed by atoms with Gasteiger partial charge in [-0.05, 0) is 24.3 Å². The first-order valence-electron chi connectivity index (χ1n) is 6.88. The third-order valence-electron chi connectivity index (χ3n) is 3.86. The van der Waals surface area contributed by atoms with Crippen molar-refractivity contribution >= 4 is 49.7 Å². The van der Waals surface area contributed by atoms with Gasteiger partial charge in [-0.25, -0.2) is 4.99 Å². The smallest absolute Gasteiger partial charge is 0.270 e. The number of aromatic hydroxyl groups is 1. The molecule has 0 saturated carbocycles. The first-order valence-corrected chi connectivity index (χ1v) is 7.67. The number of hydrogen-bond acceptors (Lipinski definition) is 5. The Morgan fingerprint density at radius 3 is 2.75 bits per heavy atom. The number of benzene rings is 2. The molecule has 3 aromatic rings. The van der Waals surface area contributed by atoms with E-state index in [-0.39, 0.29) is 28.6 Å². The zero-order valence-electron chi connectivity index (χ0n) is 11.9. The molecule has 1 aliphatic rings. The summed E-state index contributed by atoms with van der Waals surface area (Å²) in [4.78, 5) is 30.1. The van der Waals surface area contributed by atoms with Crippen LogP contribution in [0.5, 0.6) is 5.88 Å². The predicted octanol–water partition coefficient (Wildman–Crippen LogP) is 3.86. The summed E-state index contributed by atoms with van der Waals surface area (Å²) in [6.07, 6.45) is 0. The lowest BCUT2D eigenvalue weighted by molar-refractivity contribution is -0.384. The second kappa shape index (κ2) is 5.00. The van der Waals surface area contributed by atoms with Crippen molar-refractivity contribution in [2.24, 2.45) is 4.99 Å². The lowest BCUT2D eigenvalue weighted by atomic mass is 10.0. The number of nitro benzene ring substituents is 1. The highest BCUT2D eigenvalue weighted by Gasteiger charge is 2.30. The molecule has 8 heteroatoms. The molecule has 4 rings (SSSR count). The number of H-pyrrole nitrogens is 1. The molecule has 0 radical (unpaired) electrons. The van der Waals surface area contributed by atoms with Gasteiger partial charge in [-0.1, -0.05) is 15.9 Å². The number of hydrogen-bond donors (Lipinski definition) is 2. The molecule has 0 saturated heterocycles. The van der Waals surface area contributed by atoms with Crippen LogP contribution in [0.2, 0.25) is 0 Å². The van der Waals surface area contributed by atoms with Crippen LogP contribution >= 0.6 is 15.9 Å². The van der Waals surface area contributed by atoms with Gasteiger partial charge in [-0.2, -0.15) is 0 Å². The van der Waals surface area contributed by atoms with Gasteiger partial charge in [0.25, 0.3) is 5.69 Å². The zero-order chi connectivity index (χ0) is 17.0. The lowest BCUT2D eigenvalue weighted by Gasteiger charge is -1.99. The summed E-state index contributed by atoms with van der Waals surface area (Å²) in [7, 11) is 0. The van der Waals surface area contributed by atoms with E-state index in [1.165, 1.54) is 18.2 Å². The number of nitro groups is 1. The largest absolute Gasteiger partial charge is 0.494 e. The van der Waals surface area contributed by atoms with Gasteiger partial charge in [0, 0.05) is 27.5 Å². The SMILES string of the molecule is O=C1C(c2c(O)[nH]c3ccc([N+](=O)[O-])cc23)=Nc2ccc(Br)cc21. The lowest BCUT2D eigenvalue weighted by Crippen LogP contribution is -2.10. The predicted molar refractivity (Wildman–Crippen MR) is 91.3 cm³/mol. The third kappa shape index (κ3) is 2.04. The second-order valence-electron chi connectivity index (χ2n) is 5.29. The number of Topliss-reactive ketones (excluding diaryl/α,β-unsaturated/α-hetero) is 1. The van der Waals surface area contributed by atoms with Crippen molar-refractivity contribution in [3.63, 3.8) is 0 Å². The normalized spacial score (nSPS) is 13.2. The fraction of sp³-hybridized carbons (Fsp3) is 0. The molecule has 1 aliphatic heterocycles. The summed E-state index contributed by atoms with van der Waals surface area (Å²) >= 11 is 3.31. The van der Waals surface area contributed by atoms with E-state index in [2.05, 4.69) is 25.9 Å². The maximum absolute atomic E-state index is 12.7. The molecule has 0 aliphatic carbocycles. The number of fused-ring (bicyclic) bond motifs is 2. The number of aromatic amines is 1. The van der Waals surface area contributed by atoms with E-state index in [0.717, 1.165) is 4.47 Å². The van der Waals surface area contributed by atoms with Crippen LogP contribution in [0.1, 0.15) is 15.9 Å². The number of non-ortho nitro benzene ring substituents is 1. The Hall–Kier alpha value is -3.00. The fourth-order valence-corrected chi connectivity index (χ4v) is 3.14. The van der Waals surface area contributed by atoms with Gasteiger partial charge in [0.1, 0.15) is 5.71 Å². The van der Waals surface area contributed by atoms with Crippen LogP contribution in [0.15, 0.2) is 45.9 Å². The Morgan fingerprint density at radius 1 is 1.21 bits per heavy atom. The average molecular weight is 386 g/mol. The minimum atomic E-state index is -0.530. The van der Waals surface area contributed by atoms with E-state index in [0.29, 0.717) is 22.2 Å². The number of carbonyl (C=O) groups excluding carboxylic acids is 1. The van der Waals surface area contributed by atoms with Crippen LogP contribution < -0.4 is 0 Å². The number of nitrogens with zero attached hydrogens (tertiary/aromatic N) is 2. The van der Waals surface area contributed by atoms with Gasteiger partial charge in [0.15, 0.2) is 5.88 Å². The highest BCUT2D eigenvalue weighted by Crippen LogP contribution is 2.37. The van der Waals surface area contributed by atoms with Gasteiger partial charge in [0.05, 0.1) is 21.7 Å². The quantitative estimate of drug-likeness (QED) is 0.515. The summed E-state index contributed by atoms with van der Waals surface area (Å²) < 4.78 is 0.741. The number of aromatic nitrogens is 1. The van der Waals surface area contributed by atoms with Crippen LogP contribution in [0.3, 0.4) is 0 Å². The fourth-order valence-electron chi connectivity index (χ4n) is 2.77. The summed E-state index contributed by atoms with van der Waals surface area (Å²) in [6, 6.07) is 9.24. The zero-order valence-corrected chi connectivity index (χ0v) is 13.5. The molecule has 118 valence electrons. The summed E-state index contributed by atoms with van der Waals surface area (Å²) in [6.45, 7) is 0. The van der Waals surface area contributed by atoms with Gasteiger partial charge in [0.2, 0.25) is 5.78 Å². The minimum Gasteiger partial charge on any atom is -0.494 e. The summed E-state index contributed by atoms with van der Waals surface area (Å²) in [5.41, 5.74) is 1.50. The van der Waals surface area contributed by atoms with E-state index >= 15 is 0 Å². The number of aliphatic imine (C=N–C) groups is 1. The topological polar surface area (TPSA) is 109 Å². The molecule has 0 bridgehead atoms. The van der Waals surface area contributed by atoms with Crippen molar-refractivity contribution in [1.82, 2.24) is 4.98 Å². The molecular weight excluding hydrogens is 378 g/mol. The van der Waals surface area contributed by atoms with E-state index in [9.17, 15) is 20.0 Å². The highest BCUT2D eigenvalue weighted by molar-refractivity contribution is 9.10. The molecular formula is C16H8BrN3O4. The van der Waals surface area contributed by atoms with Crippen LogP contribution in [-0.4, -0.2) is 26.5 Å². The second-order valence-corrected chi connectivity index (χ2v) is 6.20. The van der Waals surface area contributed by atoms with Crippen molar-refractivity contribution in [1.29, 1.82) is 0 Å². The van der Waals surface area contributed by atoms with E-state index in [4.69, 9.17) is 0 Å². The van der Waals surface area contributed by atoms with Crippen LogP contribution in [0.25, 0.3) is 10.9 Å². The molecule has 0 amide bonds. The van der Waals surface area contributed by atoms with Gasteiger partial charge < -0.3 is 10.1 Å². The van der Waals surface area contributed by atoms with Gasteiger partial charge >= 0.3 is 0 Å². The molecule has 0 atom stereocenters. The molecule has 0 fully saturated rings. The van der Waals surface area contributed by atoms with Crippen molar-refractivity contribution in [2.45, 2.75) is 0 Å². The molecule has 2 aromatic carbocycles. The molecule has 0 unspecified atom stereocenters. The minimum absolute atomic E-state index is 0.0624. The van der Waals surface area contributed by atoms with E-state index in [1.807, 2.05) is 0 Å². The van der Waals surface area contributed by atoms with Gasteiger partial charge in [-0.15, -0.1) is 0 Å². The number of nitrogens with one attached hydrogen (secondary N) is 1. The van der Waals surface area contributed by atoms with Gasteiger partial charge in [-0.3, -0.25) is 14.9 Å². The molecule has 24 heavy (non-hydrogen) atoms. The van der Waals surface area contributed by atoms with Crippen LogP contribution in [0, 0.1) is 10.1 Å². The summed E-state index contributed by atoms with van der Waals surface area (Å²) in [5.74, 6) is -0.585. The Morgan fingerprint density at radius 2 is 2.00 bits per heavy atom. The molecule has 0 spiro atoms. The monoisotopic (exact) mass is 385 g/mol. The number of ketones is 1. The van der Waals surface area contributed by atoms with Crippen molar-refractivity contribution < 1.29 is 14.8 Å². The average Bonchev–Trinajstić information content (AvgIpc) is 3.03. The number of rotatable bonds is 2. The first-order chi connectivity index (χ1) is 11.5. The maximum Gasteiger partial charge on any atom is 0.270 e. The van der Waals surface area contributed by atoms with Crippen molar-refractivity contribution in [3.8, 4) is 5.88 Å². The number of carbonyl (C=O) groups is 1.